The van der Waals surface area contributed by atoms with E-state index >= 15 is 0 Å². The molecule has 9 heteroatoms. The molecule has 0 saturated carbocycles. The van der Waals surface area contributed by atoms with E-state index in [4.69, 9.17) is 14.2 Å². The molecule has 0 radical (unpaired) electrons. The SMILES string of the molecule is COc1ccc(S(=O)(=O)N(CC(=O)NCCOc2ccccc2OC)c2ccccc2)cc1. The van der Waals surface area contributed by atoms with Gasteiger partial charge in [0.15, 0.2) is 11.5 Å². The van der Waals surface area contributed by atoms with Crippen LogP contribution in [0.4, 0.5) is 5.69 Å². The Bertz CT molecular complexity index is 1150. The molecular weight excluding hydrogens is 444 g/mol. The Morgan fingerprint density at radius 3 is 2.12 bits per heavy atom. The first kappa shape index (κ1) is 23.9. The zero-order chi connectivity index (χ0) is 23.7. The summed E-state index contributed by atoms with van der Waals surface area (Å²) >= 11 is 0. The van der Waals surface area contributed by atoms with Crippen molar-refractivity contribution in [2.45, 2.75) is 4.90 Å². The number of methoxy groups -OCH3 is 2. The fourth-order valence-electron chi connectivity index (χ4n) is 3.06. The van der Waals surface area contributed by atoms with Crippen molar-refractivity contribution in [2.24, 2.45) is 0 Å². The Balaban J connectivity index is 1.68. The third kappa shape index (κ3) is 6.17. The number of hydrogen-bond donors (Lipinski definition) is 1. The van der Waals surface area contributed by atoms with Crippen LogP contribution in [0.2, 0.25) is 0 Å². The molecule has 8 nitrogen and oxygen atoms in total. The van der Waals surface area contributed by atoms with Gasteiger partial charge in [0, 0.05) is 0 Å². The highest BCUT2D eigenvalue weighted by molar-refractivity contribution is 7.92. The lowest BCUT2D eigenvalue weighted by molar-refractivity contribution is -0.119. The van der Waals surface area contributed by atoms with Gasteiger partial charge in [0.25, 0.3) is 10.0 Å². The predicted octanol–water partition coefficient (Wildman–Crippen LogP) is 3.09. The largest absolute Gasteiger partial charge is 0.497 e. The minimum atomic E-state index is -3.99. The number of ether oxygens (including phenoxy) is 3. The number of hydrogen-bond acceptors (Lipinski definition) is 6. The molecule has 3 rings (SSSR count). The van der Waals surface area contributed by atoms with Crippen molar-refractivity contribution in [1.82, 2.24) is 5.32 Å². The summed E-state index contributed by atoms with van der Waals surface area (Å²) < 4.78 is 43.7. The van der Waals surface area contributed by atoms with E-state index < -0.39 is 15.9 Å². The zero-order valence-electron chi connectivity index (χ0n) is 18.4. The summed E-state index contributed by atoms with van der Waals surface area (Å²) in [5.41, 5.74) is 0.383. The van der Waals surface area contributed by atoms with Crippen LogP contribution in [-0.4, -0.2) is 48.2 Å². The standard InChI is InChI=1S/C24H26N2O6S/c1-30-20-12-14-21(15-13-20)33(28,29)26(19-8-4-3-5-9-19)18-24(27)25-16-17-32-23-11-7-6-10-22(23)31-2/h3-15H,16-18H2,1-2H3,(H,25,27). The third-order valence-electron chi connectivity index (χ3n) is 4.73. The average molecular weight is 471 g/mol. The van der Waals surface area contributed by atoms with Crippen LogP contribution in [0.25, 0.3) is 0 Å². The number of amides is 1. The first-order valence-corrected chi connectivity index (χ1v) is 11.6. The van der Waals surface area contributed by atoms with Gasteiger partial charge in [-0.1, -0.05) is 30.3 Å². The monoisotopic (exact) mass is 470 g/mol. The highest BCUT2D eigenvalue weighted by Crippen LogP contribution is 2.26. The molecule has 174 valence electrons. The van der Waals surface area contributed by atoms with E-state index in [0.717, 1.165) is 4.31 Å². The number of sulfonamides is 1. The smallest absolute Gasteiger partial charge is 0.264 e. The fourth-order valence-corrected chi connectivity index (χ4v) is 4.48. The Hall–Kier alpha value is -3.72. The molecular formula is C24H26N2O6S. The number of anilines is 1. The molecule has 0 atom stereocenters. The number of para-hydroxylation sites is 3. The highest BCUT2D eigenvalue weighted by Gasteiger charge is 2.27. The molecule has 1 N–H and O–H groups in total. The van der Waals surface area contributed by atoms with Crippen LogP contribution in [0.1, 0.15) is 0 Å². The summed E-state index contributed by atoms with van der Waals surface area (Å²) in [6.07, 6.45) is 0. The molecule has 0 fully saturated rings. The molecule has 0 bridgehead atoms. The minimum Gasteiger partial charge on any atom is -0.497 e. The van der Waals surface area contributed by atoms with E-state index in [2.05, 4.69) is 5.32 Å². The van der Waals surface area contributed by atoms with E-state index in [9.17, 15) is 13.2 Å². The summed E-state index contributed by atoms with van der Waals surface area (Å²) in [6.45, 7) is 0.0117. The van der Waals surface area contributed by atoms with Crippen LogP contribution < -0.4 is 23.8 Å². The van der Waals surface area contributed by atoms with E-state index in [1.54, 1.807) is 61.7 Å². The van der Waals surface area contributed by atoms with Crippen LogP contribution in [0.15, 0.2) is 83.8 Å². The van der Waals surface area contributed by atoms with Gasteiger partial charge in [0.2, 0.25) is 5.91 Å². The predicted molar refractivity (Wildman–Crippen MR) is 125 cm³/mol. The van der Waals surface area contributed by atoms with Gasteiger partial charge in [-0.25, -0.2) is 8.42 Å². The van der Waals surface area contributed by atoms with Crippen LogP contribution in [-0.2, 0) is 14.8 Å². The van der Waals surface area contributed by atoms with Crippen LogP contribution >= 0.6 is 0 Å². The van der Waals surface area contributed by atoms with Gasteiger partial charge in [-0.15, -0.1) is 0 Å². The number of carbonyl (C=O) groups is 1. The molecule has 1 amide bonds. The second-order valence-corrected chi connectivity index (χ2v) is 8.73. The summed E-state index contributed by atoms with van der Waals surface area (Å²) in [5.74, 6) is 1.22. The molecule has 0 aliphatic heterocycles. The molecule has 0 spiro atoms. The minimum absolute atomic E-state index is 0.0551. The van der Waals surface area contributed by atoms with Crippen molar-refractivity contribution < 1.29 is 27.4 Å². The molecule has 3 aromatic carbocycles. The quantitative estimate of drug-likeness (QED) is 0.433. The summed E-state index contributed by atoms with van der Waals surface area (Å²) in [6, 6.07) is 21.7. The fraction of sp³-hybridized carbons (Fsp3) is 0.208. The Kier molecular flexibility index (Phi) is 8.15. The number of carbonyl (C=O) groups excluding carboxylic acids is 1. The van der Waals surface area contributed by atoms with E-state index in [0.29, 0.717) is 22.9 Å². The first-order chi connectivity index (χ1) is 16.0. The third-order valence-corrected chi connectivity index (χ3v) is 6.52. The van der Waals surface area contributed by atoms with Gasteiger partial charge in [-0.2, -0.15) is 0 Å². The lowest BCUT2D eigenvalue weighted by atomic mass is 10.3. The van der Waals surface area contributed by atoms with Crippen LogP contribution in [0, 0.1) is 0 Å². The number of nitrogens with one attached hydrogen (secondary N) is 1. The number of benzene rings is 3. The topological polar surface area (TPSA) is 94.2 Å². The Labute approximate surface area is 193 Å². The lowest BCUT2D eigenvalue weighted by Gasteiger charge is -2.24. The normalized spacial score (nSPS) is 10.8. The molecule has 3 aromatic rings. The first-order valence-electron chi connectivity index (χ1n) is 10.2. The van der Waals surface area contributed by atoms with E-state index in [-0.39, 0.29) is 24.6 Å². The van der Waals surface area contributed by atoms with Crippen LogP contribution in [0.5, 0.6) is 17.2 Å². The van der Waals surface area contributed by atoms with Gasteiger partial charge in [0.05, 0.1) is 31.3 Å². The molecule has 0 unspecified atom stereocenters. The number of nitrogens with zero attached hydrogens (tertiary/aromatic N) is 1. The Morgan fingerprint density at radius 2 is 1.48 bits per heavy atom. The zero-order valence-corrected chi connectivity index (χ0v) is 19.2. The summed E-state index contributed by atoms with van der Waals surface area (Å²) in [7, 11) is -0.939. The molecule has 0 heterocycles. The van der Waals surface area contributed by atoms with Gasteiger partial charge >= 0.3 is 0 Å². The van der Waals surface area contributed by atoms with Gasteiger partial charge in [-0.05, 0) is 48.5 Å². The summed E-state index contributed by atoms with van der Waals surface area (Å²) in [4.78, 5) is 12.7. The molecule has 0 saturated heterocycles. The van der Waals surface area contributed by atoms with Crippen molar-refractivity contribution >= 4 is 21.6 Å². The average Bonchev–Trinajstić information content (AvgIpc) is 2.85. The molecule has 0 aliphatic carbocycles. The second-order valence-electron chi connectivity index (χ2n) is 6.87. The lowest BCUT2D eigenvalue weighted by Crippen LogP contribution is -2.41. The van der Waals surface area contributed by atoms with Crippen molar-refractivity contribution in [3.63, 3.8) is 0 Å². The van der Waals surface area contributed by atoms with Crippen molar-refractivity contribution in [3.8, 4) is 17.2 Å². The van der Waals surface area contributed by atoms with E-state index in [1.807, 2.05) is 12.1 Å². The number of rotatable bonds is 11. The van der Waals surface area contributed by atoms with Crippen molar-refractivity contribution in [2.75, 3.05) is 38.2 Å². The maximum absolute atomic E-state index is 13.3. The van der Waals surface area contributed by atoms with E-state index in [1.165, 1.54) is 19.2 Å². The van der Waals surface area contributed by atoms with Gasteiger partial charge in [0.1, 0.15) is 18.9 Å². The van der Waals surface area contributed by atoms with Crippen molar-refractivity contribution in [3.05, 3.63) is 78.9 Å². The molecule has 0 aromatic heterocycles. The maximum atomic E-state index is 13.3. The van der Waals surface area contributed by atoms with Gasteiger partial charge < -0.3 is 19.5 Å². The maximum Gasteiger partial charge on any atom is 0.264 e. The van der Waals surface area contributed by atoms with Crippen LogP contribution in [0.3, 0.4) is 0 Å². The van der Waals surface area contributed by atoms with Gasteiger partial charge in [-0.3, -0.25) is 9.10 Å². The molecule has 33 heavy (non-hydrogen) atoms. The summed E-state index contributed by atoms with van der Waals surface area (Å²) in [5, 5.41) is 2.70. The van der Waals surface area contributed by atoms with Crippen molar-refractivity contribution in [1.29, 1.82) is 0 Å². The highest BCUT2D eigenvalue weighted by atomic mass is 32.2. The Morgan fingerprint density at radius 1 is 0.848 bits per heavy atom. The second kappa shape index (κ2) is 11.2. The molecule has 0 aliphatic rings.